The molecule has 1 aliphatic heterocycles. The van der Waals surface area contributed by atoms with Gasteiger partial charge in [-0.3, -0.25) is 9.71 Å². The van der Waals surface area contributed by atoms with Gasteiger partial charge in [0.2, 0.25) is 10.0 Å². The Kier molecular flexibility index (Phi) is 6.57. The van der Waals surface area contributed by atoms with Gasteiger partial charge in [0.25, 0.3) is 0 Å². The van der Waals surface area contributed by atoms with Gasteiger partial charge in [-0.25, -0.2) is 12.8 Å². The minimum atomic E-state index is -3.50. The number of benzene rings is 2. The number of ether oxygens (including phenoxy) is 1. The second-order valence-corrected chi connectivity index (χ2v) is 10.7. The molecule has 1 fully saturated rings. The molecule has 2 aromatic heterocycles. The molecule has 0 aliphatic carbocycles. The van der Waals surface area contributed by atoms with Gasteiger partial charge in [-0.2, -0.15) is 0 Å². The standard InChI is InChI=1S/C26H24FN5O3S2/c1-35-23-16-19(12-13-20(23)30-37(2,33)34)32-25(24(29-26(32)36)21-6-3-4-14-28-21)22-7-5-15-31(22)18-10-8-17(27)9-11-18/h3-16,24-25,30H,1-2H3,(H,29,36)/t24-,25-/m0/s1. The number of aromatic nitrogens is 2. The van der Waals surface area contributed by atoms with Crippen molar-refractivity contribution in [1.29, 1.82) is 0 Å². The molecule has 8 nitrogen and oxygen atoms in total. The normalized spacial score (nSPS) is 17.5. The maximum atomic E-state index is 13.6. The van der Waals surface area contributed by atoms with Crippen LogP contribution in [0.25, 0.3) is 5.69 Å². The zero-order valence-corrected chi connectivity index (χ0v) is 21.6. The Morgan fingerprint density at radius 1 is 1.05 bits per heavy atom. The van der Waals surface area contributed by atoms with Gasteiger partial charge in [0.15, 0.2) is 5.11 Å². The summed E-state index contributed by atoms with van der Waals surface area (Å²) in [4.78, 5) is 6.53. The Balaban J connectivity index is 1.64. The zero-order valence-electron chi connectivity index (χ0n) is 20.0. The molecular formula is C26H24FN5O3S2. The Labute approximate surface area is 219 Å². The van der Waals surface area contributed by atoms with Gasteiger partial charge in [-0.05, 0) is 72.9 Å². The van der Waals surface area contributed by atoms with Crippen LogP contribution >= 0.6 is 12.2 Å². The summed E-state index contributed by atoms with van der Waals surface area (Å²) in [6.07, 6.45) is 4.72. The van der Waals surface area contributed by atoms with Crippen molar-refractivity contribution >= 4 is 38.7 Å². The third-order valence-electron chi connectivity index (χ3n) is 6.04. The molecule has 2 aromatic carbocycles. The van der Waals surface area contributed by atoms with E-state index in [-0.39, 0.29) is 17.9 Å². The number of nitrogens with zero attached hydrogens (tertiary/aromatic N) is 3. The number of nitrogens with one attached hydrogen (secondary N) is 2. The van der Waals surface area contributed by atoms with Crippen molar-refractivity contribution in [3.05, 3.63) is 102 Å². The maximum absolute atomic E-state index is 13.6. The van der Waals surface area contributed by atoms with Crippen LogP contribution < -0.4 is 19.7 Å². The number of thiocarbonyl (C=S) groups is 1. The van der Waals surface area contributed by atoms with Crippen molar-refractivity contribution in [2.45, 2.75) is 12.1 Å². The van der Waals surface area contributed by atoms with Crippen LogP contribution in [0.2, 0.25) is 0 Å². The lowest BCUT2D eigenvalue weighted by Gasteiger charge is -2.29. The monoisotopic (exact) mass is 537 g/mol. The minimum absolute atomic E-state index is 0.303. The lowest BCUT2D eigenvalue weighted by Crippen LogP contribution is -2.30. The largest absolute Gasteiger partial charge is 0.494 e. The van der Waals surface area contributed by atoms with Gasteiger partial charge in [-0.15, -0.1) is 0 Å². The van der Waals surface area contributed by atoms with E-state index in [1.807, 2.05) is 46.0 Å². The lowest BCUT2D eigenvalue weighted by molar-refractivity contribution is 0.417. The molecule has 11 heteroatoms. The molecule has 0 saturated carbocycles. The van der Waals surface area contributed by atoms with E-state index < -0.39 is 10.0 Å². The van der Waals surface area contributed by atoms with Crippen molar-refractivity contribution in [3.63, 3.8) is 0 Å². The number of hydrogen-bond acceptors (Lipinski definition) is 5. The highest BCUT2D eigenvalue weighted by atomic mass is 32.2. The minimum Gasteiger partial charge on any atom is -0.494 e. The molecule has 0 radical (unpaired) electrons. The van der Waals surface area contributed by atoms with Gasteiger partial charge in [0.05, 0.1) is 30.8 Å². The first kappa shape index (κ1) is 24.7. The quantitative estimate of drug-likeness (QED) is 0.334. The van der Waals surface area contributed by atoms with Crippen LogP contribution in [0.4, 0.5) is 15.8 Å². The van der Waals surface area contributed by atoms with Gasteiger partial charge in [0.1, 0.15) is 17.6 Å². The van der Waals surface area contributed by atoms with E-state index in [0.29, 0.717) is 22.2 Å². The first-order valence-electron chi connectivity index (χ1n) is 11.3. The fourth-order valence-corrected chi connectivity index (χ4v) is 5.43. The highest BCUT2D eigenvalue weighted by Crippen LogP contribution is 2.44. The Bertz CT molecular complexity index is 1540. The second-order valence-electron chi connectivity index (χ2n) is 8.53. The van der Waals surface area contributed by atoms with Gasteiger partial charge in [0, 0.05) is 35.5 Å². The van der Waals surface area contributed by atoms with Crippen LogP contribution in [-0.2, 0) is 10.0 Å². The van der Waals surface area contributed by atoms with Crippen LogP contribution in [0, 0.1) is 5.82 Å². The van der Waals surface area contributed by atoms with Crippen molar-refractivity contribution < 1.29 is 17.5 Å². The van der Waals surface area contributed by atoms with Crippen LogP contribution in [0.1, 0.15) is 23.5 Å². The highest BCUT2D eigenvalue weighted by molar-refractivity contribution is 7.92. The molecule has 0 amide bonds. The van der Waals surface area contributed by atoms with E-state index in [1.54, 1.807) is 36.5 Å². The molecule has 37 heavy (non-hydrogen) atoms. The van der Waals surface area contributed by atoms with Crippen molar-refractivity contribution in [2.24, 2.45) is 0 Å². The van der Waals surface area contributed by atoms with Gasteiger partial charge >= 0.3 is 0 Å². The van der Waals surface area contributed by atoms with E-state index in [1.165, 1.54) is 19.2 Å². The first-order valence-corrected chi connectivity index (χ1v) is 13.6. The number of pyridine rings is 1. The summed E-state index contributed by atoms with van der Waals surface area (Å²) in [5, 5.41) is 3.88. The Morgan fingerprint density at radius 2 is 1.81 bits per heavy atom. The number of anilines is 2. The van der Waals surface area contributed by atoms with E-state index in [4.69, 9.17) is 17.0 Å². The third-order valence-corrected chi connectivity index (χ3v) is 6.95. The summed E-state index contributed by atoms with van der Waals surface area (Å²) in [6.45, 7) is 0. The average Bonchev–Trinajstić information content (AvgIpc) is 3.49. The molecule has 190 valence electrons. The van der Waals surface area contributed by atoms with E-state index >= 15 is 0 Å². The van der Waals surface area contributed by atoms with Crippen LogP contribution in [0.3, 0.4) is 0 Å². The first-order chi connectivity index (χ1) is 17.7. The molecule has 0 unspecified atom stereocenters. The molecule has 2 N–H and O–H groups in total. The number of methoxy groups -OCH3 is 1. The summed E-state index contributed by atoms with van der Waals surface area (Å²) < 4.78 is 47.2. The topological polar surface area (TPSA) is 88.5 Å². The molecule has 1 saturated heterocycles. The molecule has 0 bridgehead atoms. The average molecular weight is 538 g/mol. The highest BCUT2D eigenvalue weighted by Gasteiger charge is 2.42. The zero-order chi connectivity index (χ0) is 26.2. The lowest BCUT2D eigenvalue weighted by atomic mass is 10.0. The van der Waals surface area contributed by atoms with Crippen LogP contribution in [-0.4, -0.2) is 36.4 Å². The fraction of sp³-hybridized carbons (Fsp3) is 0.154. The molecule has 0 spiro atoms. The predicted octanol–water partition coefficient (Wildman–Crippen LogP) is 4.57. The van der Waals surface area contributed by atoms with Crippen molar-refractivity contribution in [1.82, 2.24) is 14.9 Å². The van der Waals surface area contributed by atoms with Crippen LogP contribution in [0.15, 0.2) is 85.2 Å². The van der Waals surface area contributed by atoms with Crippen LogP contribution in [0.5, 0.6) is 5.75 Å². The number of rotatable bonds is 7. The molecule has 5 rings (SSSR count). The van der Waals surface area contributed by atoms with Gasteiger partial charge in [-0.1, -0.05) is 6.07 Å². The SMILES string of the molecule is COc1cc(N2C(=S)N[C@@H](c3ccccn3)[C@@H]2c2cccn2-c2ccc(F)cc2)ccc1NS(C)(=O)=O. The molecule has 4 aromatic rings. The fourth-order valence-electron chi connectivity index (χ4n) is 4.52. The smallest absolute Gasteiger partial charge is 0.229 e. The Hall–Kier alpha value is -3.96. The van der Waals surface area contributed by atoms with E-state index in [0.717, 1.165) is 23.3 Å². The third kappa shape index (κ3) is 5.00. The molecule has 2 atom stereocenters. The second kappa shape index (κ2) is 9.83. The van der Waals surface area contributed by atoms with E-state index in [9.17, 15) is 12.8 Å². The number of halogens is 1. The van der Waals surface area contributed by atoms with Crippen molar-refractivity contribution in [2.75, 3.05) is 23.0 Å². The number of sulfonamides is 1. The summed E-state index contributed by atoms with van der Waals surface area (Å²) in [5.74, 6) is 0.0312. The Morgan fingerprint density at radius 3 is 2.49 bits per heavy atom. The summed E-state index contributed by atoms with van der Waals surface area (Å²) in [6, 6.07) is 20.4. The summed E-state index contributed by atoms with van der Waals surface area (Å²) in [5.41, 5.74) is 3.51. The van der Waals surface area contributed by atoms with E-state index in [2.05, 4.69) is 15.0 Å². The summed E-state index contributed by atoms with van der Waals surface area (Å²) >= 11 is 5.80. The molecule has 1 aliphatic rings. The summed E-state index contributed by atoms with van der Waals surface area (Å²) in [7, 11) is -2.03. The predicted molar refractivity (Wildman–Crippen MR) is 145 cm³/mol. The molecular weight excluding hydrogens is 513 g/mol. The maximum Gasteiger partial charge on any atom is 0.229 e. The molecule has 3 heterocycles. The number of hydrogen-bond donors (Lipinski definition) is 2. The van der Waals surface area contributed by atoms with Gasteiger partial charge < -0.3 is 19.5 Å². The van der Waals surface area contributed by atoms with Crippen molar-refractivity contribution in [3.8, 4) is 11.4 Å².